The fourth-order valence-electron chi connectivity index (χ4n) is 1.87. The summed E-state index contributed by atoms with van der Waals surface area (Å²) in [4.78, 5) is 68.9. The van der Waals surface area contributed by atoms with Gasteiger partial charge >= 0.3 is 5.97 Å². The Morgan fingerprint density at radius 1 is 0.897 bits per heavy atom. The number of nitrogens with one attached hydrogen (secondary N) is 4. The minimum Gasteiger partial charge on any atom is -0.480 e. The van der Waals surface area contributed by atoms with Crippen molar-refractivity contribution >= 4 is 60.6 Å². The quantitative estimate of drug-likeness (QED) is 0.152. The first-order valence-electron chi connectivity index (χ1n) is 8.35. The number of carbonyl (C=O) groups excluding carboxylic acids is 5. The lowest BCUT2D eigenvalue weighted by atomic mass is 10.0. The van der Waals surface area contributed by atoms with E-state index in [4.69, 9.17) is 12.0 Å². The summed E-state index contributed by atoms with van der Waals surface area (Å²) in [6.45, 7) is 5.81. The fraction of sp³-hybridized carbons (Fsp3) is 0.562. The van der Waals surface area contributed by atoms with E-state index in [1.54, 1.807) is 0 Å². The minimum atomic E-state index is -1.46. The lowest BCUT2D eigenvalue weighted by Gasteiger charge is -2.18. The Morgan fingerprint density at radius 3 is 1.97 bits per heavy atom. The number of carbonyl (C=O) groups is 6. The Labute approximate surface area is 178 Å². The average Bonchev–Trinajstić information content (AvgIpc) is 2.65. The number of aliphatic carboxylic acids is 1. The summed E-state index contributed by atoms with van der Waals surface area (Å²) < 4.78 is 0. The molecule has 0 aromatic heterocycles. The van der Waals surface area contributed by atoms with Crippen molar-refractivity contribution in [3.8, 4) is 0 Å². The van der Waals surface area contributed by atoms with Gasteiger partial charge in [0.2, 0.25) is 23.6 Å². The maximum Gasteiger partial charge on any atom is 0.327 e. The zero-order valence-corrected chi connectivity index (χ0v) is 17.4. The second kappa shape index (κ2) is 13.8. The van der Waals surface area contributed by atoms with Crippen molar-refractivity contribution in [1.82, 2.24) is 21.3 Å². The normalized spacial score (nSPS) is 13.4. The lowest BCUT2D eigenvalue weighted by molar-refractivity contribution is -0.141. The Bertz CT molecular complexity index is 645. The first-order valence-corrected chi connectivity index (χ1v) is 9.61. The van der Waals surface area contributed by atoms with E-state index in [0.717, 1.165) is 0 Å². The van der Waals surface area contributed by atoms with Crippen LogP contribution in [0.3, 0.4) is 0 Å². The molecule has 3 atom stereocenters. The minimum absolute atomic E-state index is 0.0515. The van der Waals surface area contributed by atoms with Crippen LogP contribution in [0.15, 0.2) is 0 Å². The van der Waals surface area contributed by atoms with Gasteiger partial charge in [-0.15, -0.1) is 0 Å². The highest BCUT2D eigenvalue weighted by molar-refractivity contribution is 7.80. The smallest absolute Gasteiger partial charge is 0.327 e. The molecular formula is C16H24N4O7S2. The van der Waals surface area contributed by atoms with Crippen molar-refractivity contribution in [3.05, 3.63) is 6.92 Å². The van der Waals surface area contributed by atoms with Crippen molar-refractivity contribution in [3.63, 3.8) is 0 Å². The molecule has 5 N–H and O–H groups in total. The number of rotatable bonds is 13. The summed E-state index contributed by atoms with van der Waals surface area (Å²) in [5.74, 6) is -5.27. The van der Waals surface area contributed by atoms with Gasteiger partial charge in [0.1, 0.15) is 17.9 Å². The van der Waals surface area contributed by atoms with Crippen LogP contribution in [-0.2, 0) is 28.8 Å². The van der Waals surface area contributed by atoms with Gasteiger partial charge in [-0.3, -0.25) is 19.2 Å². The molecule has 162 valence electrons. The predicted octanol–water partition coefficient (Wildman–Crippen LogP) is -2.56. The van der Waals surface area contributed by atoms with Gasteiger partial charge in [-0.2, -0.15) is 25.3 Å². The van der Waals surface area contributed by atoms with E-state index in [9.17, 15) is 28.8 Å². The van der Waals surface area contributed by atoms with Crippen LogP contribution in [0.2, 0.25) is 0 Å². The Morgan fingerprint density at radius 2 is 1.48 bits per heavy atom. The van der Waals surface area contributed by atoms with Gasteiger partial charge in [0.25, 0.3) is 0 Å². The van der Waals surface area contributed by atoms with Gasteiger partial charge in [0.15, 0.2) is 0 Å². The molecule has 0 fully saturated rings. The summed E-state index contributed by atoms with van der Waals surface area (Å²) in [5, 5.41) is 17.5. The van der Waals surface area contributed by atoms with Crippen LogP contribution in [0.1, 0.15) is 13.3 Å². The van der Waals surface area contributed by atoms with Crippen LogP contribution in [-0.4, -0.2) is 77.2 Å². The predicted molar refractivity (Wildman–Crippen MR) is 108 cm³/mol. The molecule has 11 nitrogen and oxygen atoms in total. The fourth-order valence-corrected chi connectivity index (χ4v) is 2.42. The van der Waals surface area contributed by atoms with Crippen LogP contribution in [0.4, 0.5) is 0 Å². The van der Waals surface area contributed by atoms with Crippen LogP contribution in [0.5, 0.6) is 0 Å². The largest absolute Gasteiger partial charge is 0.480 e. The highest BCUT2D eigenvalue weighted by atomic mass is 32.1. The molecule has 0 aliphatic rings. The maximum atomic E-state index is 12.0. The molecule has 2 radical (unpaired) electrons. The standard InChI is InChI=1S/C16H24N4O7S2/c1-8(21)3-10(6-28)15(25)19-9(2)14(24)18-4-12(22)17-5-13(23)20-11(7-29)16(26)27/h2,9-11,28-29H,3-7H2,1H3,(H,17,22)(H,18,24)(H,19,25)(H,20,23)(H,26,27)/t9-,10-,11-/m0/s1. The molecule has 0 aliphatic carbocycles. The van der Waals surface area contributed by atoms with Gasteiger partial charge in [-0.1, -0.05) is 0 Å². The topological polar surface area (TPSA) is 171 Å². The Kier molecular flexibility index (Phi) is 12.7. The molecule has 0 saturated heterocycles. The van der Waals surface area contributed by atoms with Crippen molar-refractivity contribution in [2.75, 3.05) is 24.6 Å². The van der Waals surface area contributed by atoms with E-state index in [0.29, 0.717) is 0 Å². The van der Waals surface area contributed by atoms with Crippen LogP contribution in [0, 0.1) is 12.8 Å². The SMILES string of the molecule is [CH][C@H](NC(=O)[C@H](CS)CC(C)=O)C(=O)NCC(=O)NCC(=O)N[C@@H](CS)C(=O)O. The molecule has 0 heterocycles. The molecule has 29 heavy (non-hydrogen) atoms. The molecule has 0 rings (SSSR count). The first kappa shape index (κ1) is 26.7. The number of thiol groups is 2. The zero-order valence-electron chi connectivity index (χ0n) is 15.6. The number of amides is 4. The van der Waals surface area contributed by atoms with E-state index in [1.165, 1.54) is 6.92 Å². The molecule has 0 spiro atoms. The molecule has 13 heteroatoms. The molecule has 0 bridgehead atoms. The third-order valence-corrected chi connectivity index (χ3v) is 4.20. The summed E-state index contributed by atoms with van der Waals surface area (Å²) in [5.41, 5.74) is 0. The summed E-state index contributed by atoms with van der Waals surface area (Å²) >= 11 is 7.75. The molecule has 4 amide bonds. The molecule has 0 saturated carbocycles. The molecule has 0 aliphatic heterocycles. The maximum absolute atomic E-state index is 12.0. The van der Waals surface area contributed by atoms with E-state index >= 15 is 0 Å². The van der Waals surface area contributed by atoms with Crippen molar-refractivity contribution in [1.29, 1.82) is 0 Å². The average molecular weight is 449 g/mol. The number of carboxylic acids is 1. The van der Waals surface area contributed by atoms with Gasteiger partial charge in [0.05, 0.1) is 19.0 Å². The van der Waals surface area contributed by atoms with E-state index < -0.39 is 60.7 Å². The van der Waals surface area contributed by atoms with E-state index in [2.05, 4.69) is 46.5 Å². The molecule has 0 aromatic rings. The third kappa shape index (κ3) is 11.3. The number of ketones is 1. The Hall–Kier alpha value is -2.28. The molecular weight excluding hydrogens is 424 g/mol. The summed E-state index contributed by atoms with van der Waals surface area (Å²) in [7, 11) is 0. The zero-order chi connectivity index (χ0) is 22.6. The third-order valence-electron chi connectivity index (χ3n) is 3.39. The van der Waals surface area contributed by atoms with Crippen molar-refractivity contribution in [2.24, 2.45) is 5.92 Å². The number of hydrogen-bond donors (Lipinski definition) is 7. The van der Waals surface area contributed by atoms with E-state index in [-0.39, 0.29) is 23.7 Å². The molecule has 0 unspecified atom stereocenters. The van der Waals surface area contributed by atoms with E-state index in [1.807, 2.05) is 0 Å². The van der Waals surface area contributed by atoms with Gasteiger partial charge < -0.3 is 31.2 Å². The number of carboxylic acid groups (broad SMARTS) is 1. The second-order valence-electron chi connectivity index (χ2n) is 5.91. The van der Waals surface area contributed by atoms with Crippen LogP contribution >= 0.6 is 25.3 Å². The van der Waals surface area contributed by atoms with Gasteiger partial charge in [-0.25, -0.2) is 4.79 Å². The highest BCUT2D eigenvalue weighted by Crippen LogP contribution is 2.06. The van der Waals surface area contributed by atoms with Crippen LogP contribution < -0.4 is 21.3 Å². The summed E-state index contributed by atoms with van der Waals surface area (Å²) in [6.07, 6.45) is -0.0515. The summed E-state index contributed by atoms with van der Waals surface area (Å²) in [6, 6.07) is -2.66. The number of Topliss-reactive ketones (excluding diaryl/α,β-unsaturated/α-hetero) is 1. The van der Waals surface area contributed by atoms with Crippen molar-refractivity contribution in [2.45, 2.75) is 25.4 Å². The Balaban J connectivity index is 4.33. The van der Waals surface area contributed by atoms with Crippen molar-refractivity contribution < 1.29 is 33.9 Å². The van der Waals surface area contributed by atoms with Gasteiger partial charge in [-0.05, 0) is 13.8 Å². The number of hydrogen-bond acceptors (Lipinski definition) is 8. The van der Waals surface area contributed by atoms with Gasteiger partial charge in [0, 0.05) is 17.9 Å². The molecule has 0 aromatic carbocycles. The van der Waals surface area contributed by atoms with Crippen LogP contribution in [0.25, 0.3) is 0 Å². The highest BCUT2D eigenvalue weighted by Gasteiger charge is 2.23. The first-order chi connectivity index (χ1) is 13.5. The monoisotopic (exact) mass is 448 g/mol. The second-order valence-corrected chi connectivity index (χ2v) is 6.64. The lowest BCUT2D eigenvalue weighted by Crippen LogP contribution is -2.50.